The minimum Gasteiger partial charge on any atom is -0.480 e. The Morgan fingerprint density at radius 1 is 1.56 bits per heavy atom. The highest BCUT2D eigenvalue weighted by molar-refractivity contribution is 5.83. The lowest BCUT2D eigenvalue weighted by Gasteiger charge is -2.17. The second-order valence-corrected chi connectivity index (χ2v) is 4.63. The van der Waals surface area contributed by atoms with Gasteiger partial charge in [-0.15, -0.1) is 0 Å². The zero-order chi connectivity index (χ0) is 13.3. The van der Waals surface area contributed by atoms with Crippen molar-refractivity contribution in [1.82, 2.24) is 4.90 Å². The van der Waals surface area contributed by atoms with Gasteiger partial charge in [-0.2, -0.15) is 0 Å². The fourth-order valence-electron chi connectivity index (χ4n) is 2.04. The topological polar surface area (TPSA) is 55.6 Å². The third-order valence-electron chi connectivity index (χ3n) is 3.11. The van der Waals surface area contributed by atoms with Gasteiger partial charge in [-0.1, -0.05) is 0 Å². The summed E-state index contributed by atoms with van der Waals surface area (Å²) in [5, 5.41) is 0. The first-order valence-electron chi connectivity index (χ1n) is 5.95. The molecule has 1 saturated heterocycles. The molecule has 1 aliphatic rings. The lowest BCUT2D eigenvalue weighted by Crippen LogP contribution is -2.29. The van der Waals surface area contributed by atoms with E-state index in [1.807, 2.05) is 0 Å². The molecule has 0 spiro atoms. The molecule has 1 aromatic rings. The van der Waals surface area contributed by atoms with E-state index >= 15 is 0 Å². The van der Waals surface area contributed by atoms with Gasteiger partial charge in [-0.25, -0.2) is 4.39 Å². The molecule has 2 rings (SSSR count). The van der Waals surface area contributed by atoms with E-state index in [9.17, 15) is 9.18 Å². The molecule has 0 bridgehead atoms. The van der Waals surface area contributed by atoms with Crippen molar-refractivity contribution in [2.45, 2.75) is 25.5 Å². The molecule has 0 aliphatic carbocycles. The van der Waals surface area contributed by atoms with E-state index in [0.717, 1.165) is 0 Å². The van der Waals surface area contributed by atoms with Crippen LogP contribution in [0.25, 0.3) is 0 Å². The molecule has 18 heavy (non-hydrogen) atoms. The summed E-state index contributed by atoms with van der Waals surface area (Å²) < 4.78 is 18.8. The molecule has 1 aromatic carbocycles. The van der Waals surface area contributed by atoms with Gasteiger partial charge in [0.1, 0.15) is 11.6 Å². The van der Waals surface area contributed by atoms with Crippen molar-refractivity contribution >= 4 is 5.91 Å². The van der Waals surface area contributed by atoms with Crippen LogP contribution in [0.3, 0.4) is 0 Å². The van der Waals surface area contributed by atoms with E-state index in [0.29, 0.717) is 24.3 Å². The smallest absolute Gasteiger partial charge is 0.263 e. The van der Waals surface area contributed by atoms with Gasteiger partial charge in [-0.3, -0.25) is 4.79 Å². The molecule has 98 valence electrons. The van der Waals surface area contributed by atoms with Crippen molar-refractivity contribution in [2.24, 2.45) is 5.73 Å². The number of benzene rings is 1. The quantitative estimate of drug-likeness (QED) is 0.886. The highest BCUT2D eigenvalue weighted by Gasteiger charge is 2.31. The number of carbonyl (C=O) groups is 1. The summed E-state index contributed by atoms with van der Waals surface area (Å²) in [5.41, 5.74) is 6.36. The first-order valence-corrected chi connectivity index (χ1v) is 5.95. The first kappa shape index (κ1) is 12.8. The molecule has 2 N–H and O–H groups in total. The Balaban J connectivity index is 2.21. The van der Waals surface area contributed by atoms with Crippen LogP contribution in [0.2, 0.25) is 0 Å². The Kier molecular flexibility index (Phi) is 3.52. The number of nitrogens with two attached hydrogens (primary N) is 1. The molecule has 1 heterocycles. The number of halogens is 1. The molecule has 1 unspecified atom stereocenters. The summed E-state index contributed by atoms with van der Waals surface area (Å²) in [4.78, 5) is 13.4. The number of hydrogen-bond acceptors (Lipinski definition) is 3. The van der Waals surface area contributed by atoms with Gasteiger partial charge >= 0.3 is 0 Å². The summed E-state index contributed by atoms with van der Waals surface area (Å²) in [6.07, 6.45) is 0.156. The predicted molar refractivity (Wildman–Crippen MR) is 65.7 cm³/mol. The summed E-state index contributed by atoms with van der Waals surface area (Å²) >= 11 is 0. The van der Waals surface area contributed by atoms with E-state index in [4.69, 9.17) is 10.5 Å². The van der Waals surface area contributed by atoms with Crippen LogP contribution in [0.5, 0.6) is 5.75 Å². The monoisotopic (exact) mass is 252 g/mol. The first-order chi connectivity index (χ1) is 8.49. The van der Waals surface area contributed by atoms with Gasteiger partial charge < -0.3 is 15.4 Å². The Bertz CT molecular complexity index is 462. The van der Waals surface area contributed by atoms with Gasteiger partial charge in [-0.05, 0) is 25.1 Å². The Morgan fingerprint density at radius 3 is 2.83 bits per heavy atom. The normalized spacial score (nSPS) is 21.2. The van der Waals surface area contributed by atoms with E-state index in [-0.39, 0.29) is 17.8 Å². The number of likely N-dealkylation sites (N-methyl/N-ethyl adjacent to an activating group) is 1. The lowest BCUT2D eigenvalue weighted by atomic mass is 10.1. The standard InChI is InChI=1S/C13H17FN2O2/c1-8(15)10-7-9(14)3-4-11(10)18-12-5-6-16(2)13(12)17/h3-4,7-8,12H,5-6,15H2,1-2H3/t8-,12?/m1/s1. The maximum Gasteiger partial charge on any atom is 0.263 e. The third-order valence-corrected chi connectivity index (χ3v) is 3.11. The van der Waals surface area contributed by atoms with E-state index in [1.165, 1.54) is 18.2 Å². The molecule has 5 heteroatoms. The van der Waals surface area contributed by atoms with Crippen molar-refractivity contribution in [2.75, 3.05) is 13.6 Å². The van der Waals surface area contributed by atoms with Crippen LogP contribution in [0.15, 0.2) is 18.2 Å². The molecule has 0 aromatic heterocycles. The van der Waals surface area contributed by atoms with Gasteiger partial charge in [0.25, 0.3) is 5.91 Å². The number of nitrogens with zero attached hydrogens (tertiary/aromatic N) is 1. The highest BCUT2D eigenvalue weighted by Crippen LogP contribution is 2.27. The van der Waals surface area contributed by atoms with Crippen molar-refractivity contribution in [3.63, 3.8) is 0 Å². The second-order valence-electron chi connectivity index (χ2n) is 4.63. The van der Waals surface area contributed by atoms with Gasteiger partial charge in [0.05, 0.1) is 0 Å². The van der Waals surface area contributed by atoms with Crippen molar-refractivity contribution in [1.29, 1.82) is 0 Å². The molecular weight excluding hydrogens is 235 g/mol. The van der Waals surface area contributed by atoms with E-state index in [1.54, 1.807) is 18.9 Å². The molecule has 4 nitrogen and oxygen atoms in total. The molecule has 1 amide bonds. The molecular formula is C13H17FN2O2. The van der Waals surface area contributed by atoms with Crippen LogP contribution in [0.4, 0.5) is 4.39 Å². The van der Waals surface area contributed by atoms with Gasteiger partial charge in [0.15, 0.2) is 6.10 Å². The summed E-state index contributed by atoms with van der Waals surface area (Å²) in [7, 11) is 1.74. The number of carbonyl (C=O) groups excluding carboxylic acids is 1. The van der Waals surface area contributed by atoms with Gasteiger partial charge in [0.2, 0.25) is 0 Å². The van der Waals surface area contributed by atoms with Crippen molar-refractivity contribution in [3.8, 4) is 5.75 Å². The van der Waals surface area contributed by atoms with Crippen molar-refractivity contribution in [3.05, 3.63) is 29.6 Å². The average Bonchev–Trinajstić information content (AvgIpc) is 2.63. The minimum atomic E-state index is -0.488. The lowest BCUT2D eigenvalue weighted by molar-refractivity contribution is -0.132. The van der Waals surface area contributed by atoms with E-state index in [2.05, 4.69) is 0 Å². The van der Waals surface area contributed by atoms with Gasteiger partial charge in [0, 0.05) is 31.6 Å². The SMILES string of the molecule is C[C@@H](N)c1cc(F)ccc1OC1CCN(C)C1=O. The zero-order valence-corrected chi connectivity index (χ0v) is 10.5. The molecule has 1 fully saturated rings. The van der Waals surface area contributed by atoms with Crippen LogP contribution >= 0.6 is 0 Å². The number of likely N-dealkylation sites (tertiary alicyclic amines) is 1. The maximum absolute atomic E-state index is 13.2. The summed E-state index contributed by atoms with van der Waals surface area (Å²) in [6.45, 7) is 2.43. The number of ether oxygens (including phenoxy) is 1. The van der Waals surface area contributed by atoms with Crippen molar-refractivity contribution < 1.29 is 13.9 Å². The fraction of sp³-hybridized carbons (Fsp3) is 0.462. The molecule has 1 aliphatic heterocycles. The van der Waals surface area contributed by atoms with Crippen LogP contribution in [0.1, 0.15) is 24.9 Å². The number of amides is 1. The Morgan fingerprint density at radius 2 is 2.28 bits per heavy atom. The molecule has 0 saturated carbocycles. The summed E-state index contributed by atoms with van der Waals surface area (Å²) in [6, 6.07) is 3.84. The zero-order valence-electron chi connectivity index (χ0n) is 10.5. The predicted octanol–water partition coefficient (Wildman–Crippen LogP) is 1.45. The largest absolute Gasteiger partial charge is 0.480 e. The van der Waals surface area contributed by atoms with Crippen LogP contribution < -0.4 is 10.5 Å². The highest BCUT2D eigenvalue weighted by atomic mass is 19.1. The second kappa shape index (κ2) is 4.94. The van der Waals surface area contributed by atoms with Crippen LogP contribution in [-0.2, 0) is 4.79 Å². The fourth-order valence-corrected chi connectivity index (χ4v) is 2.04. The maximum atomic E-state index is 13.2. The number of rotatable bonds is 3. The van der Waals surface area contributed by atoms with Crippen LogP contribution in [0, 0.1) is 5.82 Å². The van der Waals surface area contributed by atoms with Crippen LogP contribution in [-0.4, -0.2) is 30.5 Å². The molecule has 0 radical (unpaired) electrons. The third kappa shape index (κ3) is 2.46. The minimum absolute atomic E-state index is 0.0463. The molecule has 2 atom stereocenters. The Hall–Kier alpha value is -1.62. The average molecular weight is 252 g/mol. The summed E-state index contributed by atoms with van der Waals surface area (Å²) in [5.74, 6) is 0.0829. The Labute approximate surface area is 106 Å². The number of hydrogen-bond donors (Lipinski definition) is 1. The van der Waals surface area contributed by atoms with E-state index < -0.39 is 6.10 Å².